The van der Waals surface area contributed by atoms with Gasteiger partial charge in [-0.25, -0.2) is 0 Å². The van der Waals surface area contributed by atoms with Crippen LogP contribution in [0.25, 0.3) is 0 Å². The molecule has 0 spiro atoms. The number of hydrogen-bond donors (Lipinski definition) is 1. The zero-order valence-electron chi connectivity index (χ0n) is 10.9. The van der Waals surface area contributed by atoms with Gasteiger partial charge >= 0.3 is 0 Å². The van der Waals surface area contributed by atoms with E-state index in [1.54, 1.807) is 6.07 Å². The average Bonchev–Trinajstić information content (AvgIpc) is 3.07. The van der Waals surface area contributed by atoms with Crippen LogP contribution in [0.5, 0.6) is 17.2 Å². The van der Waals surface area contributed by atoms with E-state index in [1.807, 2.05) is 24.3 Å². The summed E-state index contributed by atoms with van der Waals surface area (Å²) in [5.74, 6) is 1.36. The van der Waals surface area contributed by atoms with Gasteiger partial charge in [0.25, 0.3) is 0 Å². The fourth-order valence-electron chi connectivity index (χ4n) is 2.66. The number of aromatic hydroxyl groups is 1. The molecule has 0 aromatic heterocycles. The van der Waals surface area contributed by atoms with E-state index < -0.39 is 0 Å². The van der Waals surface area contributed by atoms with Crippen LogP contribution in [0.2, 0.25) is 0 Å². The highest BCUT2D eigenvalue weighted by Gasteiger charge is 2.19. The van der Waals surface area contributed by atoms with Gasteiger partial charge in [0, 0.05) is 5.56 Å². The van der Waals surface area contributed by atoms with Crippen molar-refractivity contribution >= 4 is 0 Å². The van der Waals surface area contributed by atoms with Crippen LogP contribution in [0, 0.1) is 0 Å². The summed E-state index contributed by atoms with van der Waals surface area (Å²) in [7, 11) is 0. The van der Waals surface area contributed by atoms with Crippen LogP contribution in [0.3, 0.4) is 0 Å². The Morgan fingerprint density at radius 1 is 0.850 bits per heavy atom. The summed E-state index contributed by atoms with van der Waals surface area (Å²) in [6.45, 7) is 2.30. The van der Waals surface area contributed by atoms with E-state index in [0.29, 0.717) is 32.2 Å². The number of phenols is 1. The summed E-state index contributed by atoms with van der Waals surface area (Å²) in [5, 5.41) is 10.1. The zero-order valence-corrected chi connectivity index (χ0v) is 10.9. The van der Waals surface area contributed by atoms with Crippen LogP contribution in [0.4, 0.5) is 0 Å². The normalized spacial score (nSPS) is 16.0. The largest absolute Gasteiger partial charge is 0.504 e. The third-order valence-electron chi connectivity index (χ3n) is 3.75. The molecule has 2 aliphatic heterocycles. The summed E-state index contributed by atoms with van der Waals surface area (Å²) in [4.78, 5) is 0. The van der Waals surface area contributed by atoms with Crippen LogP contribution < -0.4 is 4.74 Å². The lowest BCUT2D eigenvalue weighted by Gasteiger charge is -2.12. The Morgan fingerprint density at radius 2 is 1.60 bits per heavy atom. The molecule has 20 heavy (non-hydrogen) atoms. The molecule has 0 aliphatic carbocycles. The van der Waals surface area contributed by atoms with Gasteiger partial charge in [0.1, 0.15) is 5.75 Å². The number of benzene rings is 2. The highest BCUT2D eigenvalue weighted by atomic mass is 16.5. The summed E-state index contributed by atoms with van der Waals surface area (Å²) in [5.41, 5.74) is 4.30. The van der Waals surface area contributed by atoms with Gasteiger partial charge in [-0.2, -0.15) is 0 Å². The first-order valence-corrected chi connectivity index (χ1v) is 6.60. The molecular weight excluding hydrogens is 256 g/mol. The van der Waals surface area contributed by atoms with Gasteiger partial charge in [0.2, 0.25) is 0 Å². The SMILES string of the molecule is Oc1cc2c(cc1Oc1cccc3c1COC3)COC2. The molecule has 4 heteroatoms. The molecule has 0 atom stereocenters. The highest BCUT2D eigenvalue weighted by Crippen LogP contribution is 2.38. The van der Waals surface area contributed by atoms with Crippen molar-refractivity contribution in [3.8, 4) is 17.2 Å². The molecule has 0 radical (unpaired) electrons. The summed E-state index contributed by atoms with van der Waals surface area (Å²) >= 11 is 0. The van der Waals surface area contributed by atoms with E-state index in [0.717, 1.165) is 28.0 Å². The molecule has 4 nitrogen and oxygen atoms in total. The number of phenolic OH excluding ortho intramolecular Hbond substituents is 1. The van der Waals surface area contributed by atoms with Gasteiger partial charge in [0.05, 0.1) is 26.4 Å². The maximum Gasteiger partial charge on any atom is 0.169 e. The first kappa shape index (κ1) is 11.8. The van der Waals surface area contributed by atoms with Crippen molar-refractivity contribution in [3.05, 3.63) is 52.6 Å². The van der Waals surface area contributed by atoms with Crippen molar-refractivity contribution in [1.82, 2.24) is 0 Å². The topological polar surface area (TPSA) is 47.9 Å². The molecular formula is C16H14O4. The predicted molar refractivity (Wildman–Crippen MR) is 71.6 cm³/mol. The molecule has 2 heterocycles. The standard InChI is InChI=1S/C16H14O4/c17-14-4-11-7-18-8-12(11)5-16(14)20-15-3-1-2-10-6-19-9-13(10)15/h1-5,17H,6-9H2. The summed E-state index contributed by atoms with van der Waals surface area (Å²) in [6, 6.07) is 9.45. The second-order valence-electron chi connectivity index (χ2n) is 5.07. The first-order chi connectivity index (χ1) is 9.81. The third-order valence-corrected chi connectivity index (χ3v) is 3.75. The van der Waals surface area contributed by atoms with E-state index in [2.05, 4.69) is 0 Å². The maximum absolute atomic E-state index is 10.1. The molecule has 2 aliphatic rings. The molecule has 0 amide bonds. The number of ether oxygens (including phenoxy) is 3. The number of hydrogen-bond acceptors (Lipinski definition) is 4. The van der Waals surface area contributed by atoms with Gasteiger partial charge in [-0.05, 0) is 34.9 Å². The Hall–Kier alpha value is -2.04. The zero-order chi connectivity index (χ0) is 13.5. The Labute approximate surface area is 116 Å². The highest BCUT2D eigenvalue weighted by molar-refractivity contribution is 5.51. The Bertz CT molecular complexity index is 678. The number of fused-ring (bicyclic) bond motifs is 2. The van der Waals surface area contributed by atoms with Crippen LogP contribution in [0.1, 0.15) is 22.3 Å². The molecule has 0 saturated heterocycles. The lowest BCUT2D eigenvalue weighted by atomic mass is 10.1. The molecule has 1 N–H and O–H groups in total. The van der Waals surface area contributed by atoms with Gasteiger partial charge in [-0.3, -0.25) is 0 Å². The lowest BCUT2D eigenvalue weighted by molar-refractivity contribution is 0.133. The Kier molecular flexibility index (Phi) is 2.65. The second kappa shape index (κ2) is 4.51. The first-order valence-electron chi connectivity index (χ1n) is 6.60. The minimum absolute atomic E-state index is 0.144. The van der Waals surface area contributed by atoms with Crippen LogP contribution >= 0.6 is 0 Å². The van der Waals surface area contributed by atoms with E-state index in [4.69, 9.17) is 14.2 Å². The molecule has 102 valence electrons. The van der Waals surface area contributed by atoms with E-state index in [-0.39, 0.29) is 5.75 Å². The van der Waals surface area contributed by atoms with E-state index in [1.165, 1.54) is 0 Å². The van der Waals surface area contributed by atoms with E-state index >= 15 is 0 Å². The molecule has 0 unspecified atom stereocenters. The average molecular weight is 270 g/mol. The predicted octanol–water partition coefficient (Wildman–Crippen LogP) is 3.24. The van der Waals surface area contributed by atoms with Crippen molar-refractivity contribution in [1.29, 1.82) is 0 Å². The monoisotopic (exact) mass is 270 g/mol. The van der Waals surface area contributed by atoms with Gasteiger partial charge < -0.3 is 19.3 Å². The van der Waals surface area contributed by atoms with Crippen molar-refractivity contribution in [3.63, 3.8) is 0 Å². The Balaban J connectivity index is 1.72. The quantitative estimate of drug-likeness (QED) is 0.910. The fraction of sp³-hybridized carbons (Fsp3) is 0.250. The molecule has 0 bridgehead atoms. The molecule has 0 saturated carbocycles. The third kappa shape index (κ3) is 1.85. The van der Waals surface area contributed by atoms with Crippen molar-refractivity contribution < 1.29 is 19.3 Å². The number of rotatable bonds is 2. The summed E-state index contributed by atoms with van der Waals surface area (Å²) < 4.78 is 16.7. The minimum atomic E-state index is 0.144. The fourth-order valence-corrected chi connectivity index (χ4v) is 2.66. The molecule has 4 rings (SSSR count). The molecule has 2 aromatic rings. The molecule has 0 fully saturated rings. The van der Waals surface area contributed by atoms with Crippen LogP contribution in [0.15, 0.2) is 30.3 Å². The van der Waals surface area contributed by atoms with Gasteiger partial charge in [-0.1, -0.05) is 12.1 Å². The maximum atomic E-state index is 10.1. The second-order valence-corrected chi connectivity index (χ2v) is 5.07. The molecule has 2 aromatic carbocycles. The van der Waals surface area contributed by atoms with E-state index in [9.17, 15) is 5.11 Å². The van der Waals surface area contributed by atoms with Gasteiger partial charge in [-0.15, -0.1) is 0 Å². The van der Waals surface area contributed by atoms with Crippen molar-refractivity contribution in [2.75, 3.05) is 0 Å². The van der Waals surface area contributed by atoms with Gasteiger partial charge in [0.15, 0.2) is 11.5 Å². The lowest BCUT2D eigenvalue weighted by Crippen LogP contribution is -1.93. The van der Waals surface area contributed by atoms with Crippen molar-refractivity contribution in [2.45, 2.75) is 26.4 Å². The summed E-state index contributed by atoms with van der Waals surface area (Å²) in [6.07, 6.45) is 0. The Morgan fingerprint density at radius 3 is 2.50 bits per heavy atom. The van der Waals surface area contributed by atoms with Crippen LogP contribution in [-0.4, -0.2) is 5.11 Å². The minimum Gasteiger partial charge on any atom is -0.504 e. The van der Waals surface area contributed by atoms with Crippen LogP contribution in [-0.2, 0) is 35.9 Å². The van der Waals surface area contributed by atoms with Crippen molar-refractivity contribution in [2.24, 2.45) is 0 Å². The smallest absolute Gasteiger partial charge is 0.169 e.